The van der Waals surface area contributed by atoms with Crippen molar-refractivity contribution in [2.24, 2.45) is 0 Å². The molecule has 0 aliphatic heterocycles. The van der Waals surface area contributed by atoms with E-state index in [2.05, 4.69) is 0 Å². The third-order valence-electron chi connectivity index (χ3n) is 1.37. The Hall–Kier alpha value is -0.600. The van der Waals surface area contributed by atoms with Crippen LogP contribution in [0, 0.1) is 0 Å². The lowest BCUT2D eigenvalue weighted by Crippen LogP contribution is -2.06. The van der Waals surface area contributed by atoms with Crippen molar-refractivity contribution in [2.75, 3.05) is 5.73 Å². The van der Waals surface area contributed by atoms with Crippen LogP contribution in [0.5, 0.6) is 5.75 Å². The lowest BCUT2D eigenvalue weighted by molar-refractivity contribution is 0.243. The van der Waals surface area contributed by atoms with Gasteiger partial charge in [0, 0.05) is 5.69 Å². The smallest absolute Gasteiger partial charge is 0.156 e. The van der Waals surface area contributed by atoms with Gasteiger partial charge in [-0.25, -0.2) is 0 Å². The number of hydrogen-bond acceptors (Lipinski definition) is 2. The molecule has 0 fully saturated rings. The van der Waals surface area contributed by atoms with E-state index in [9.17, 15) is 0 Å². The van der Waals surface area contributed by atoms with E-state index in [1.54, 1.807) is 12.1 Å². The molecule has 1 aromatic rings. The first-order chi connectivity index (χ1) is 6.00. The normalized spacial score (nSPS) is 10.5. The van der Waals surface area contributed by atoms with E-state index in [-0.39, 0.29) is 6.10 Å². The molecule has 0 saturated heterocycles. The Bertz CT molecular complexity index is 289. The van der Waals surface area contributed by atoms with Gasteiger partial charge in [-0.05, 0) is 26.0 Å². The number of benzene rings is 1. The Kier molecular flexibility index (Phi) is 3.28. The molecule has 0 spiro atoms. The molecule has 4 heteroatoms. The van der Waals surface area contributed by atoms with Gasteiger partial charge in [-0.3, -0.25) is 0 Å². The fourth-order valence-electron chi connectivity index (χ4n) is 0.928. The molecule has 13 heavy (non-hydrogen) atoms. The van der Waals surface area contributed by atoms with Crippen LogP contribution in [0.15, 0.2) is 12.1 Å². The molecule has 0 amide bonds. The van der Waals surface area contributed by atoms with Crippen molar-refractivity contribution in [2.45, 2.75) is 20.0 Å². The molecule has 0 saturated carbocycles. The summed E-state index contributed by atoms with van der Waals surface area (Å²) < 4.78 is 5.41. The number of hydrogen-bond donors (Lipinski definition) is 1. The molecule has 1 rings (SSSR count). The highest BCUT2D eigenvalue weighted by molar-refractivity contribution is 6.37. The van der Waals surface area contributed by atoms with Gasteiger partial charge in [-0.2, -0.15) is 0 Å². The third-order valence-corrected chi connectivity index (χ3v) is 1.94. The van der Waals surface area contributed by atoms with Gasteiger partial charge in [-0.15, -0.1) is 0 Å². The molecule has 0 atom stereocenters. The molecule has 2 N–H and O–H groups in total. The average Bonchev–Trinajstić information content (AvgIpc) is 1.96. The highest BCUT2D eigenvalue weighted by atomic mass is 35.5. The van der Waals surface area contributed by atoms with E-state index in [0.29, 0.717) is 21.5 Å². The van der Waals surface area contributed by atoms with Crippen LogP contribution in [0.25, 0.3) is 0 Å². The maximum Gasteiger partial charge on any atom is 0.156 e. The van der Waals surface area contributed by atoms with Gasteiger partial charge in [0.1, 0.15) is 0 Å². The molecular weight excluding hydrogens is 209 g/mol. The topological polar surface area (TPSA) is 35.2 Å². The van der Waals surface area contributed by atoms with Crippen LogP contribution in [0.1, 0.15) is 13.8 Å². The van der Waals surface area contributed by atoms with E-state index in [1.165, 1.54) is 0 Å². The monoisotopic (exact) mass is 219 g/mol. The molecule has 0 unspecified atom stereocenters. The van der Waals surface area contributed by atoms with Crippen molar-refractivity contribution in [3.8, 4) is 5.75 Å². The summed E-state index contributed by atoms with van der Waals surface area (Å²) in [5, 5.41) is 0.886. The number of nitrogens with two attached hydrogens (primary N) is 1. The summed E-state index contributed by atoms with van der Waals surface area (Å²) in [6.07, 6.45) is 0.0404. The molecule has 0 radical (unpaired) electrons. The van der Waals surface area contributed by atoms with Crippen LogP contribution in [-0.4, -0.2) is 6.10 Å². The fourth-order valence-corrected chi connectivity index (χ4v) is 1.52. The highest BCUT2D eigenvalue weighted by Gasteiger charge is 2.09. The van der Waals surface area contributed by atoms with Crippen LogP contribution >= 0.6 is 23.2 Å². The number of halogens is 2. The molecule has 0 aliphatic carbocycles. The Morgan fingerprint density at radius 2 is 1.69 bits per heavy atom. The minimum atomic E-state index is 0.0404. The van der Waals surface area contributed by atoms with E-state index in [0.717, 1.165) is 0 Å². The number of nitrogen functional groups attached to an aromatic ring is 1. The van der Waals surface area contributed by atoms with E-state index in [1.807, 2.05) is 13.8 Å². The molecule has 0 heterocycles. The number of anilines is 1. The first-order valence-corrected chi connectivity index (χ1v) is 4.67. The summed E-state index contributed by atoms with van der Waals surface area (Å²) in [4.78, 5) is 0. The maximum absolute atomic E-state index is 5.89. The Balaban J connectivity index is 3.06. The standard InChI is InChI=1S/C9H11Cl2NO/c1-5(2)13-9-7(10)3-6(12)4-8(9)11/h3-5H,12H2,1-2H3. The van der Waals surface area contributed by atoms with Gasteiger partial charge < -0.3 is 10.5 Å². The Morgan fingerprint density at radius 3 is 2.08 bits per heavy atom. The second-order valence-electron chi connectivity index (χ2n) is 2.98. The first kappa shape index (κ1) is 10.5. The van der Waals surface area contributed by atoms with Crippen molar-refractivity contribution in [3.63, 3.8) is 0 Å². The van der Waals surface area contributed by atoms with Gasteiger partial charge in [0.25, 0.3) is 0 Å². The molecule has 0 aromatic heterocycles. The zero-order valence-corrected chi connectivity index (χ0v) is 8.99. The van der Waals surface area contributed by atoms with Crippen LogP contribution in [0.2, 0.25) is 10.0 Å². The summed E-state index contributed by atoms with van der Waals surface area (Å²) >= 11 is 11.8. The predicted octanol–water partition coefficient (Wildman–Crippen LogP) is 3.36. The zero-order valence-electron chi connectivity index (χ0n) is 7.47. The quantitative estimate of drug-likeness (QED) is 0.775. The third kappa shape index (κ3) is 2.68. The van der Waals surface area contributed by atoms with Crippen molar-refractivity contribution in [1.29, 1.82) is 0 Å². The Labute approximate surface area is 87.6 Å². The van der Waals surface area contributed by atoms with E-state index in [4.69, 9.17) is 33.7 Å². The summed E-state index contributed by atoms with van der Waals surface area (Å²) in [7, 11) is 0. The van der Waals surface area contributed by atoms with Gasteiger partial charge in [-0.1, -0.05) is 23.2 Å². The summed E-state index contributed by atoms with van der Waals surface area (Å²) in [5.74, 6) is 0.493. The lowest BCUT2D eigenvalue weighted by atomic mass is 10.3. The second-order valence-corrected chi connectivity index (χ2v) is 3.79. The van der Waals surface area contributed by atoms with Crippen LogP contribution in [0.3, 0.4) is 0 Å². The van der Waals surface area contributed by atoms with Gasteiger partial charge in [0.15, 0.2) is 5.75 Å². The maximum atomic E-state index is 5.89. The van der Waals surface area contributed by atoms with Crippen molar-refractivity contribution < 1.29 is 4.74 Å². The predicted molar refractivity (Wildman–Crippen MR) is 56.6 cm³/mol. The van der Waals surface area contributed by atoms with E-state index >= 15 is 0 Å². The molecular formula is C9H11Cl2NO. The molecule has 0 bridgehead atoms. The summed E-state index contributed by atoms with van der Waals surface area (Å²) in [6, 6.07) is 3.23. The SMILES string of the molecule is CC(C)Oc1c(Cl)cc(N)cc1Cl. The molecule has 72 valence electrons. The highest BCUT2D eigenvalue weighted by Crippen LogP contribution is 2.35. The van der Waals surface area contributed by atoms with E-state index < -0.39 is 0 Å². The lowest BCUT2D eigenvalue weighted by Gasteiger charge is -2.13. The van der Waals surface area contributed by atoms with Crippen LogP contribution < -0.4 is 10.5 Å². The second kappa shape index (κ2) is 4.07. The van der Waals surface area contributed by atoms with Crippen molar-refractivity contribution >= 4 is 28.9 Å². The molecule has 2 nitrogen and oxygen atoms in total. The fraction of sp³-hybridized carbons (Fsp3) is 0.333. The Morgan fingerprint density at radius 1 is 1.23 bits per heavy atom. The van der Waals surface area contributed by atoms with Crippen LogP contribution in [-0.2, 0) is 0 Å². The van der Waals surface area contributed by atoms with Crippen molar-refractivity contribution in [3.05, 3.63) is 22.2 Å². The van der Waals surface area contributed by atoms with Gasteiger partial charge in [0.05, 0.1) is 16.1 Å². The van der Waals surface area contributed by atoms with Crippen LogP contribution in [0.4, 0.5) is 5.69 Å². The van der Waals surface area contributed by atoms with Gasteiger partial charge >= 0.3 is 0 Å². The average molecular weight is 220 g/mol. The summed E-state index contributed by atoms with van der Waals surface area (Å²) in [5.41, 5.74) is 6.07. The minimum absolute atomic E-state index is 0.0404. The minimum Gasteiger partial charge on any atom is -0.488 e. The largest absolute Gasteiger partial charge is 0.488 e. The zero-order chi connectivity index (χ0) is 10.0. The van der Waals surface area contributed by atoms with Gasteiger partial charge in [0.2, 0.25) is 0 Å². The number of rotatable bonds is 2. The molecule has 1 aromatic carbocycles. The van der Waals surface area contributed by atoms with Crippen molar-refractivity contribution in [1.82, 2.24) is 0 Å². The molecule has 0 aliphatic rings. The first-order valence-electron chi connectivity index (χ1n) is 3.92. The number of ether oxygens (including phenoxy) is 1. The summed E-state index contributed by atoms with van der Waals surface area (Å²) in [6.45, 7) is 3.81.